The summed E-state index contributed by atoms with van der Waals surface area (Å²) in [4.78, 5) is 11.9. The lowest BCUT2D eigenvalue weighted by Gasteiger charge is -2.55. The molecule has 7 fully saturated rings. The molecule has 23 atom stereocenters. The van der Waals surface area contributed by atoms with Crippen LogP contribution >= 0.6 is 0 Å². The minimum atomic E-state index is -1.77. The third-order valence-electron chi connectivity index (χ3n) is 15.8. The van der Waals surface area contributed by atoms with Crippen molar-refractivity contribution in [3.63, 3.8) is 0 Å². The van der Waals surface area contributed by atoms with Gasteiger partial charge in [-0.1, -0.05) is 19.1 Å². The lowest BCUT2D eigenvalue weighted by Crippen LogP contribution is -2.65. The molecule has 0 bridgehead atoms. The average Bonchev–Trinajstić information content (AvgIpc) is 3.80. The van der Waals surface area contributed by atoms with Crippen LogP contribution in [0.5, 0.6) is 0 Å². The number of ether oxygens (including phenoxy) is 8. The van der Waals surface area contributed by atoms with E-state index in [-0.39, 0.29) is 35.2 Å². The van der Waals surface area contributed by atoms with E-state index in [2.05, 4.69) is 13.5 Å². The van der Waals surface area contributed by atoms with Crippen LogP contribution in [0, 0.1) is 35.0 Å². The van der Waals surface area contributed by atoms with Crippen LogP contribution in [-0.4, -0.2) is 183 Å². The van der Waals surface area contributed by atoms with Gasteiger partial charge >= 0.3 is 5.97 Å². The minimum Gasteiger partial charge on any atom is -0.458 e. The van der Waals surface area contributed by atoms with Crippen molar-refractivity contribution in [2.45, 2.75) is 169 Å². The zero-order chi connectivity index (χ0) is 43.0. The second-order valence-corrected chi connectivity index (χ2v) is 18.8. The van der Waals surface area contributed by atoms with Crippen LogP contribution in [0.3, 0.4) is 0 Å². The topological polar surface area (TPSA) is 273 Å². The summed E-state index contributed by atoms with van der Waals surface area (Å²) in [5, 5.41) is 96.3. The molecule has 0 amide bonds. The normalized spacial score (nSPS) is 53.2. The van der Waals surface area contributed by atoms with E-state index in [0.717, 1.165) is 56.1 Å². The third kappa shape index (κ3) is 7.73. The first-order valence-electron chi connectivity index (χ1n) is 21.6. The first-order valence-corrected chi connectivity index (χ1v) is 21.6. The fraction of sp³-hybridized carbons (Fsp3) is 0.881. The van der Waals surface area contributed by atoms with Crippen molar-refractivity contribution in [2.75, 3.05) is 26.9 Å². The molecule has 4 aliphatic heterocycles. The van der Waals surface area contributed by atoms with Gasteiger partial charge in [-0.15, -0.1) is 0 Å². The van der Waals surface area contributed by atoms with E-state index in [0.29, 0.717) is 24.9 Å². The van der Waals surface area contributed by atoms with Crippen LogP contribution in [0.4, 0.5) is 0 Å². The van der Waals surface area contributed by atoms with Gasteiger partial charge in [-0.05, 0) is 87.0 Å². The fourth-order valence-electron chi connectivity index (χ4n) is 12.3. The summed E-state index contributed by atoms with van der Waals surface area (Å²) in [6.07, 6.45) is -13.3. The van der Waals surface area contributed by atoms with Gasteiger partial charge in [0.05, 0.1) is 31.0 Å². The number of hydrogen-bond donors (Lipinski definition) is 9. The molecule has 8 rings (SSSR count). The van der Waals surface area contributed by atoms with Gasteiger partial charge in [-0.3, -0.25) is 0 Å². The predicted octanol–water partition coefficient (Wildman–Crippen LogP) is -1.47. The Morgan fingerprint density at radius 1 is 0.783 bits per heavy atom. The first kappa shape index (κ1) is 44.9. The summed E-state index contributed by atoms with van der Waals surface area (Å²) in [7, 11) is 1.39. The average molecular weight is 857 g/mol. The zero-order valence-electron chi connectivity index (χ0n) is 34.4. The Kier molecular flexibility index (Phi) is 13.0. The van der Waals surface area contributed by atoms with Crippen LogP contribution in [0.2, 0.25) is 0 Å². The fourth-order valence-corrected chi connectivity index (χ4v) is 12.3. The van der Waals surface area contributed by atoms with Gasteiger partial charge in [0.2, 0.25) is 0 Å². The molecule has 9 N–H and O–H groups in total. The first-order chi connectivity index (χ1) is 28.5. The Bertz CT molecular complexity index is 1590. The van der Waals surface area contributed by atoms with Gasteiger partial charge in [-0.2, -0.15) is 0 Å². The highest BCUT2D eigenvalue weighted by Gasteiger charge is 2.65. The van der Waals surface area contributed by atoms with Gasteiger partial charge in [0.1, 0.15) is 73.8 Å². The van der Waals surface area contributed by atoms with Crippen molar-refractivity contribution in [3.8, 4) is 0 Å². The smallest absolute Gasteiger partial charge is 0.331 e. The van der Waals surface area contributed by atoms with Crippen molar-refractivity contribution < 1.29 is 88.6 Å². The van der Waals surface area contributed by atoms with E-state index < -0.39 is 111 Å². The Labute approximate surface area is 348 Å². The molecular weight excluding hydrogens is 792 g/mol. The molecule has 18 heteroatoms. The molecule has 4 aliphatic carbocycles. The van der Waals surface area contributed by atoms with Crippen molar-refractivity contribution in [3.05, 3.63) is 23.8 Å². The lowest BCUT2D eigenvalue weighted by molar-refractivity contribution is -0.367. The Hall–Kier alpha value is -1.69. The number of methoxy groups -OCH3 is 1. The molecular formula is C42H64O18. The second kappa shape index (κ2) is 17.4. The molecule has 60 heavy (non-hydrogen) atoms. The number of carbonyl (C=O) groups is 1. The van der Waals surface area contributed by atoms with Crippen LogP contribution in [0.25, 0.3) is 0 Å². The number of aliphatic hydroxyl groups excluding tert-OH is 8. The quantitative estimate of drug-likeness (QED) is 0.0690. The summed E-state index contributed by atoms with van der Waals surface area (Å²) >= 11 is 0. The highest BCUT2D eigenvalue weighted by atomic mass is 16.8. The van der Waals surface area contributed by atoms with Crippen LogP contribution < -0.4 is 0 Å². The van der Waals surface area contributed by atoms with Crippen LogP contribution in [0.1, 0.15) is 65.2 Å². The molecule has 18 nitrogen and oxygen atoms in total. The summed E-state index contributed by atoms with van der Waals surface area (Å²) in [6, 6.07) is 0. The number of aliphatic hydroxyl groups is 9. The van der Waals surface area contributed by atoms with E-state index in [9.17, 15) is 50.8 Å². The second-order valence-electron chi connectivity index (χ2n) is 18.8. The summed E-state index contributed by atoms with van der Waals surface area (Å²) in [5.74, 6) is 0.494. The molecule has 0 aromatic rings. The molecule has 0 aromatic carbocycles. The standard InChI is InChI=1S/C42H64O18/c1-17-22(19-11-28(44)54-15-19)8-10-42(52)23-6-5-20-12-21(7-9-41(20,3)25(23)13-24(17)42)57-40-35(51)37(53-4)36(18(2)56-40)60-39-34(50)32(48)30(46)27(59-39)16-55-38-33(49)31(47)29(45)26(14-43)58-38/h11,18,20-27,29-40,43,45-52H,1,5-10,12-16H2,2-4H3. The minimum absolute atomic E-state index is 0.0264. The zero-order valence-corrected chi connectivity index (χ0v) is 34.4. The van der Waals surface area contributed by atoms with Crippen LogP contribution in [-0.2, 0) is 42.7 Å². The molecule has 3 saturated heterocycles. The van der Waals surface area contributed by atoms with E-state index in [4.69, 9.17) is 37.9 Å². The van der Waals surface area contributed by atoms with Gasteiger partial charge in [0.15, 0.2) is 18.9 Å². The van der Waals surface area contributed by atoms with Gasteiger partial charge in [0, 0.05) is 25.0 Å². The number of fused-ring (bicyclic) bond motifs is 5. The van der Waals surface area contributed by atoms with Crippen molar-refractivity contribution in [2.24, 2.45) is 35.0 Å². The number of hydrogen-bond acceptors (Lipinski definition) is 18. The molecule has 0 spiro atoms. The SMILES string of the molecule is C=C1C(C2=CC(=O)OC2)CCC2(O)C1CC1C2CCC2CC(OC3OC(C)C(OC4OC(COC5OC(CO)C(O)C(O)C5O)C(O)C(O)C4O)C(OC)C3O)CCC21C. The van der Waals surface area contributed by atoms with Gasteiger partial charge in [0.25, 0.3) is 0 Å². The van der Waals surface area contributed by atoms with Gasteiger partial charge in [-0.25, -0.2) is 4.79 Å². The third-order valence-corrected chi connectivity index (χ3v) is 15.8. The molecule has 8 aliphatic rings. The number of carbonyl (C=O) groups excluding carboxylic acids is 1. The lowest BCUT2D eigenvalue weighted by atomic mass is 9.51. The van der Waals surface area contributed by atoms with Crippen molar-refractivity contribution in [1.82, 2.24) is 0 Å². The summed E-state index contributed by atoms with van der Waals surface area (Å²) < 4.78 is 46.5. The maximum absolute atomic E-state index is 12.3. The highest BCUT2D eigenvalue weighted by Crippen LogP contribution is 2.67. The molecule has 0 radical (unpaired) electrons. The van der Waals surface area contributed by atoms with E-state index in [1.54, 1.807) is 13.0 Å². The largest absolute Gasteiger partial charge is 0.458 e. The van der Waals surface area contributed by atoms with Crippen molar-refractivity contribution in [1.29, 1.82) is 0 Å². The van der Waals surface area contributed by atoms with Crippen LogP contribution in [0.15, 0.2) is 23.8 Å². The number of esters is 1. The van der Waals surface area contributed by atoms with E-state index in [1.807, 2.05) is 0 Å². The van der Waals surface area contributed by atoms with E-state index in [1.165, 1.54) is 7.11 Å². The van der Waals surface area contributed by atoms with Gasteiger partial charge < -0.3 is 83.9 Å². The predicted molar refractivity (Wildman–Crippen MR) is 203 cm³/mol. The summed E-state index contributed by atoms with van der Waals surface area (Å²) in [6.45, 7) is 7.64. The van der Waals surface area contributed by atoms with Crippen molar-refractivity contribution >= 4 is 5.97 Å². The molecule has 4 saturated carbocycles. The van der Waals surface area contributed by atoms with E-state index >= 15 is 0 Å². The maximum atomic E-state index is 12.3. The Morgan fingerprint density at radius 3 is 2.15 bits per heavy atom. The highest BCUT2D eigenvalue weighted by molar-refractivity contribution is 5.85. The Morgan fingerprint density at radius 2 is 1.47 bits per heavy atom. The number of rotatable bonds is 10. The monoisotopic (exact) mass is 856 g/mol. The number of cyclic esters (lactones) is 1. The Balaban J connectivity index is 0.874. The summed E-state index contributed by atoms with van der Waals surface area (Å²) in [5.41, 5.74) is 1.14. The molecule has 340 valence electrons. The maximum Gasteiger partial charge on any atom is 0.331 e. The molecule has 23 unspecified atom stereocenters. The molecule has 4 heterocycles. The molecule has 0 aromatic heterocycles.